The average molecular weight is 303 g/mol. The van der Waals surface area contributed by atoms with Gasteiger partial charge in [0.25, 0.3) is 11.4 Å². The van der Waals surface area contributed by atoms with E-state index < -0.39 is 9.85 Å². The Labute approximate surface area is 123 Å². The number of benzene rings is 1. The third kappa shape index (κ3) is 3.50. The van der Waals surface area contributed by atoms with Gasteiger partial charge in [-0.05, 0) is 12.1 Å². The van der Waals surface area contributed by atoms with Crippen molar-refractivity contribution in [3.63, 3.8) is 0 Å². The van der Waals surface area contributed by atoms with Gasteiger partial charge in [0.15, 0.2) is 0 Å². The zero-order valence-electron chi connectivity index (χ0n) is 10.9. The molecule has 10 heteroatoms. The number of hydrazone groups is 1. The van der Waals surface area contributed by atoms with Crippen molar-refractivity contribution >= 4 is 23.4 Å². The Kier molecular flexibility index (Phi) is 4.22. The predicted molar refractivity (Wildman–Crippen MR) is 76.9 cm³/mol. The summed E-state index contributed by atoms with van der Waals surface area (Å²) in [4.78, 5) is 23.7. The lowest BCUT2D eigenvalue weighted by Gasteiger charge is -2.00. The number of phenolic OH excluding ortho intramolecular Hbond substituents is 1. The summed E-state index contributed by atoms with van der Waals surface area (Å²) in [5.41, 5.74) is 2.28. The number of phenols is 1. The molecule has 2 aromatic rings. The van der Waals surface area contributed by atoms with Crippen molar-refractivity contribution in [2.75, 3.05) is 5.43 Å². The molecular formula is C12H9N5O5. The van der Waals surface area contributed by atoms with E-state index >= 15 is 0 Å². The summed E-state index contributed by atoms with van der Waals surface area (Å²) in [5, 5.41) is 34.5. The van der Waals surface area contributed by atoms with Crippen molar-refractivity contribution in [2.24, 2.45) is 5.10 Å². The maximum absolute atomic E-state index is 10.6. The summed E-state index contributed by atoms with van der Waals surface area (Å²) in [7, 11) is 0. The summed E-state index contributed by atoms with van der Waals surface area (Å²) >= 11 is 0. The Bertz CT molecular complexity index is 744. The number of rotatable bonds is 5. The summed E-state index contributed by atoms with van der Waals surface area (Å²) < 4.78 is 0. The van der Waals surface area contributed by atoms with E-state index in [-0.39, 0.29) is 28.5 Å². The zero-order valence-corrected chi connectivity index (χ0v) is 10.9. The van der Waals surface area contributed by atoms with Gasteiger partial charge in [0.1, 0.15) is 17.8 Å². The summed E-state index contributed by atoms with van der Waals surface area (Å²) in [6, 6.07) is 6.10. The van der Waals surface area contributed by atoms with Crippen LogP contribution in [-0.2, 0) is 0 Å². The Morgan fingerprint density at radius 3 is 2.41 bits per heavy atom. The number of non-ortho nitro benzene ring substituents is 1. The van der Waals surface area contributed by atoms with E-state index in [1.807, 2.05) is 0 Å². The Hall–Kier alpha value is -3.56. The van der Waals surface area contributed by atoms with Gasteiger partial charge in [0, 0.05) is 23.8 Å². The monoisotopic (exact) mass is 303 g/mol. The molecule has 22 heavy (non-hydrogen) atoms. The van der Waals surface area contributed by atoms with Crippen LogP contribution in [0.15, 0.2) is 41.6 Å². The third-order valence-corrected chi connectivity index (χ3v) is 2.56. The number of nitrogens with zero attached hydrogens (tertiary/aromatic N) is 4. The molecule has 0 amide bonds. The molecule has 1 aromatic carbocycles. The fourth-order valence-corrected chi connectivity index (χ4v) is 1.49. The van der Waals surface area contributed by atoms with E-state index in [0.29, 0.717) is 0 Å². The maximum Gasteiger partial charge on any atom is 0.287 e. The second-order valence-corrected chi connectivity index (χ2v) is 4.03. The Morgan fingerprint density at radius 2 is 1.82 bits per heavy atom. The van der Waals surface area contributed by atoms with Crippen molar-refractivity contribution in [1.82, 2.24) is 4.98 Å². The van der Waals surface area contributed by atoms with Crippen LogP contribution >= 0.6 is 0 Å². The van der Waals surface area contributed by atoms with Crippen LogP contribution in [0.4, 0.5) is 17.2 Å². The number of nitro groups is 2. The quantitative estimate of drug-likeness (QED) is 0.488. The molecule has 0 saturated heterocycles. The summed E-state index contributed by atoms with van der Waals surface area (Å²) in [6.07, 6.45) is 2.23. The van der Waals surface area contributed by atoms with Gasteiger partial charge in [-0.3, -0.25) is 25.7 Å². The van der Waals surface area contributed by atoms with Gasteiger partial charge in [-0.1, -0.05) is 0 Å². The van der Waals surface area contributed by atoms with Gasteiger partial charge in [-0.25, -0.2) is 4.98 Å². The van der Waals surface area contributed by atoms with E-state index in [4.69, 9.17) is 0 Å². The smallest absolute Gasteiger partial charge is 0.287 e. The van der Waals surface area contributed by atoms with E-state index in [9.17, 15) is 25.3 Å². The molecule has 0 radical (unpaired) electrons. The first-order chi connectivity index (χ1) is 10.5. The van der Waals surface area contributed by atoms with Crippen molar-refractivity contribution < 1.29 is 15.0 Å². The van der Waals surface area contributed by atoms with Crippen molar-refractivity contribution in [3.8, 4) is 5.75 Å². The largest absolute Gasteiger partial charge is 0.507 e. The average Bonchev–Trinajstić information content (AvgIpc) is 2.49. The highest BCUT2D eigenvalue weighted by molar-refractivity contribution is 5.84. The number of aromatic hydroxyl groups is 1. The van der Waals surface area contributed by atoms with Gasteiger partial charge in [-0.2, -0.15) is 5.10 Å². The molecule has 0 bridgehead atoms. The van der Waals surface area contributed by atoms with Gasteiger partial charge in [0.2, 0.25) is 0 Å². The zero-order chi connectivity index (χ0) is 16.1. The maximum atomic E-state index is 10.6. The molecule has 0 fully saturated rings. The molecule has 10 nitrogen and oxygen atoms in total. The molecule has 0 aliphatic rings. The second kappa shape index (κ2) is 6.26. The number of hydrogen-bond acceptors (Lipinski definition) is 8. The predicted octanol–water partition coefficient (Wildman–Crippen LogP) is 2.05. The summed E-state index contributed by atoms with van der Waals surface area (Å²) in [5.74, 6) is 0.0691. The molecule has 0 aliphatic heterocycles. The van der Waals surface area contributed by atoms with Crippen LogP contribution in [0.25, 0.3) is 0 Å². The van der Waals surface area contributed by atoms with Crippen LogP contribution in [0.3, 0.4) is 0 Å². The highest BCUT2D eigenvalue weighted by Crippen LogP contribution is 2.21. The molecule has 0 atom stereocenters. The van der Waals surface area contributed by atoms with Crippen LogP contribution in [0, 0.1) is 20.2 Å². The fourth-order valence-electron chi connectivity index (χ4n) is 1.49. The molecule has 2 rings (SSSR count). The number of nitrogens with one attached hydrogen (secondary N) is 1. The fraction of sp³-hybridized carbons (Fsp3) is 0. The first-order valence-electron chi connectivity index (χ1n) is 5.84. The van der Waals surface area contributed by atoms with Crippen molar-refractivity contribution in [2.45, 2.75) is 0 Å². The number of nitro benzene ring substituents is 1. The van der Waals surface area contributed by atoms with Gasteiger partial charge >= 0.3 is 0 Å². The number of anilines is 1. The first kappa shape index (κ1) is 14.8. The molecule has 1 aromatic heterocycles. The molecule has 112 valence electrons. The minimum Gasteiger partial charge on any atom is -0.507 e. The van der Waals surface area contributed by atoms with Crippen LogP contribution in [0.2, 0.25) is 0 Å². The van der Waals surface area contributed by atoms with Gasteiger partial charge in [-0.15, -0.1) is 0 Å². The van der Waals surface area contributed by atoms with E-state index in [1.54, 1.807) is 0 Å². The molecule has 0 spiro atoms. The lowest BCUT2D eigenvalue weighted by Crippen LogP contribution is -1.96. The normalized spacial score (nSPS) is 10.5. The molecule has 0 aliphatic carbocycles. The summed E-state index contributed by atoms with van der Waals surface area (Å²) in [6.45, 7) is 0. The van der Waals surface area contributed by atoms with Crippen molar-refractivity contribution in [1.29, 1.82) is 0 Å². The lowest BCUT2D eigenvalue weighted by molar-refractivity contribution is -0.385. The number of hydrogen-bond donors (Lipinski definition) is 2. The SMILES string of the molecule is O=[N+]([O-])c1ccc(N/N=C/c2cc([N+](=O)[O-])ccc2O)nc1. The Morgan fingerprint density at radius 1 is 1.14 bits per heavy atom. The number of pyridine rings is 1. The van der Waals surface area contributed by atoms with E-state index in [0.717, 1.165) is 18.3 Å². The van der Waals surface area contributed by atoms with Crippen LogP contribution < -0.4 is 5.43 Å². The standard InChI is InChI=1S/C12H9N5O5/c18-11-3-1-9(16(19)20)5-8(11)6-14-15-12-4-2-10(7-13-12)17(21)22/h1-7,18H,(H,13,15)/b14-6+. The highest BCUT2D eigenvalue weighted by atomic mass is 16.6. The third-order valence-electron chi connectivity index (χ3n) is 2.56. The van der Waals surface area contributed by atoms with Crippen molar-refractivity contribution in [3.05, 3.63) is 62.3 Å². The minimum absolute atomic E-state index is 0.142. The van der Waals surface area contributed by atoms with E-state index in [1.165, 1.54) is 24.4 Å². The van der Waals surface area contributed by atoms with E-state index in [2.05, 4.69) is 15.5 Å². The molecule has 1 heterocycles. The topological polar surface area (TPSA) is 144 Å². The first-order valence-corrected chi connectivity index (χ1v) is 5.84. The molecular weight excluding hydrogens is 294 g/mol. The number of aromatic nitrogens is 1. The van der Waals surface area contributed by atoms with Crippen LogP contribution in [0.1, 0.15) is 5.56 Å². The van der Waals surface area contributed by atoms with Crippen LogP contribution in [-0.4, -0.2) is 26.2 Å². The second-order valence-electron chi connectivity index (χ2n) is 4.03. The van der Waals surface area contributed by atoms with Crippen LogP contribution in [0.5, 0.6) is 5.75 Å². The Balaban J connectivity index is 2.10. The molecule has 2 N–H and O–H groups in total. The molecule has 0 saturated carbocycles. The highest BCUT2D eigenvalue weighted by Gasteiger charge is 2.09. The lowest BCUT2D eigenvalue weighted by atomic mass is 10.2. The van der Waals surface area contributed by atoms with Gasteiger partial charge < -0.3 is 5.11 Å². The minimum atomic E-state index is -0.595. The van der Waals surface area contributed by atoms with Gasteiger partial charge in [0.05, 0.1) is 16.1 Å². The molecule has 0 unspecified atom stereocenters.